The van der Waals surface area contributed by atoms with Crippen LogP contribution in [-0.4, -0.2) is 0 Å². The Morgan fingerprint density at radius 3 is 1.75 bits per heavy atom. The molecule has 1 nitrogen and oxygen atoms in total. The van der Waals surface area contributed by atoms with Gasteiger partial charge in [0.2, 0.25) is 0 Å². The van der Waals surface area contributed by atoms with Crippen LogP contribution in [0.1, 0.15) is 98.6 Å². The minimum atomic E-state index is -0.0580. The second-order valence-corrected chi connectivity index (χ2v) is 18.1. The molecule has 0 aromatic heterocycles. The van der Waals surface area contributed by atoms with E-state index in [9.17, 15) is 0 Å². The largest absolute Gasteiger partial charge is 0.310 e. The number of para-hydroxylation sites is 2. The Hall–Kier alpha value is -6.96. The number of hydrogen-bond acceptors (Lipinski definition) is 1. The zero-order valence-corrected chi connectivity index (χ0v) is 37.2. The number of anilines is 3. The van der Waals surface area contributed by atoms with Crippen LogP contribution in [0.5, 0.6) is 0 Å². The lowest BCUT2D eigenvalue weighted by Gasteiger charge is -2.32. The highest BCUT2D eigenvalue weighted by Crippen LogP contribution is 2.54. The SMILES string of the molecule is CCC1(CC)c2cc(/C=C/c3ccc4cc(-c5ccc6cc(C7=CCCCC7)c(C7=CCCC=C7)cc6c5)ccc4c3)ccc2-c2ccc(N(c3ccccc3)c3ccccc3)cc21. The quantitative estimate of drug-likeness (QED) is 0.124. The Labute approximate surface area is 379 Å². The Balaban J connectivity index is 0.873. The van der Waals surface area contributed by atoms with E-state index in [0.717, 1.165) is 37.1 Å². The van der Waals surface area contributed by atoms with Crippen LogP contribution in [0.25, 0.3) is 67.1 Å². The van der Waals surface area contributed by atoms with E-state index in [2.05, 4.69) is 219 Å². The third-order valence-corrected chi connectivity index (χ3v) is 14.4. The van der Waals surface area contributed by atoms with Crippen molar-refractivity contribution in [1.82, 2.24) is 0 Å². The highest BCUT2D eigenvalue weighted by atomic mass is 15.1. The molecule has 0 amide bonds. The molecule has 0 unspecified atom stereocenters. The van der Waals surface area contributed by atoms with E-state index in [-0.39, 0.29) is 5.41 Å². The summed E-state index contributed by atoms with van der Waals surface area (Å²) in [6, 6.07) is 61.5. The summed E-state index contributed by atoms with van der Waals surface area (Å²) in [5.41, 5.74) is 19.7. The van der Waals surface area contributed by atoms with E-state index in [0.29, 0.717) is 0 Å². The van der Waals surface area contributed by atoms with Crippen molar-refractivity contribution in [2.24, 2.45) is 0 Å². The van der Waals surface area contributed by atoms with Crippen LogP contribution in [0, 0.1) is 0 Å². The lowest BCUT2D eigenvalue weighted by Crippen LogP contribution is -2.23. The first-order chi connectivity index (χ1) is 31.6. The average molecular weight is 826 g/mol. The standard InChI is InChI=1S/C63H55N/c1-3-63(4-2)61-38-45(28-35-57(61)58-36-34-56(43-62(58)63)64(54-21-13-7-14-22-54)55-23-15-8-16-24-55)26-25-44-27-29-49-39-50(31-30-48(49)37-44)51-32-33-52-41-59(46-17-9-5-10-18-46)60(42-53(52)40-51)47-19-11-6-12-20-47/h7-8,11,13-17,19-43H,3-6,9-10,12,18H2,1-2H3/b26-25+. The average Bonchev–Trinajstić information content (AvgIpc) is 3.64. The van der Waals surface area contributed by atoms with Gasteiger partial charge >= 0.3 is 0 Å². The van der Waals surface area contributed by atoms with Crippen molar-refractivity contribution in [3.05, 3.63) is 221 Å². The van der Waals surface area contributed by atoms with Gasteiger partial charge in [-0.2, -0.15) is 0 Å². The number of fused-ring (bicyclic) bond motifs is 5. The maximum atomic E-state index is 2.49. The molecular formula is C63H55N. The van der Waals surface area contributed by atoms with Gasteiger partial charge in [-0.3, -0.25) is 0 Å². The van der Waals surface area contributed by atoms with Crippen LogP contribution >= 0.6 is 0 Å². The lowest BCUT2D eigenvalue weighted by molar-refractivity contribution is 0.490. The molecule has 0 aliphatic heterocycles. The molecule has 0 heterocycles. The van der Waals surface area contributed by atoms with Crippen molar-refractivity contribution in [2.45, 2.75) is 70.6 Å². The smallest absolute Gasteiger partial charge is 0.0465 e. The molecule has 0 saturated heterocycles. The highest BCUT2D eigenvalue weighted by Gasteiger charge is 2.41. The van der Waals surface area contributed by atoms with Gasteiger partial charge in [-0.1, -0.05) is 147 Å². The molecule has 8 aromatic rings. The molecule has 312 valence electrons. The predicted molar refractivity (Wildman–Crippen MR) is 277 cm³/mol. The van der Waals surface area contributed by atoms with Crippen molar-refractivity contribution in [1.29, 1.82) is 0 Å². The highest BCUT2D eigenvalue weighted by molar-refractivity contribution is 5.98. The number of benzene rings is 8. The third-order valence-electron chi connectivity index (χ3n) is 14.4. The summed E-state index contributed by atoms with van der Waals surface area (Å²) in [6.07, 6.45) is 23.5. The van der Waals surface area contributed by atoms with Crippen molar-refractivity contribution < 1.29 is 0 Å². The fraction of sp³-hybridized carbons (Fsp3) is 0.175. The molecule has 0 spiro atoms. The molecule has 0 atom stereocenters. The molecule has 0 N–H and O–H groups in total. The van der Waals surface area contributed by atoms with Gasteiger partial charge in [0.15, 0.2) is 0 Å². The molecule has 64 heavy (non-hydrogen) atoms. The normalized spacial score (nSPS) is 15.3. The van der Waals surface area contributed by atoms with Crippen molar-refractivity contribution in [3.8, 4) is 22.3 Å². The van der Waals surface area contributed by atoms with Gasteiger partial charge in [0.05, 0.1) is 0 Å². The summed E-state index contributed by atoms with van der Waals surface area (Å²) in [4.78, 5) is 2.38. The fourth-order valence-electron chi connectivity index (χ4n) is 11.0. The van der Waals surface area contributed by atoms with E-state index in [1.54, 1.807) is 0 Å². The fourth-order valence-corrected chi connectivity index (χ4v) is 11.0. The number of rotatable bonds is 10. The van der Waals surface area contributed by atoms with Gasteiger partial charge in [-0.15, -0.1) is 0 Å². The first-order valence-electron chi connectivity index (χ1n) is 23.6. The van der Waals surface area contributed by atoms with E-state index in [1.807, 2.05) is 0 Å². The second kappa shape index (κ2) is 17.0. The summed E-state index contributed by atoms with van der Waals surface area (Å²) in [7, 11) is 0. The maximum absolute atomic E-state index is 2.49. The zero-order chi connectivity index (χ0) is 43.0. The molecule has 0 radical (unpaired) electrons. The first-order valence-corrected chi connectivity index (χ1v) is 23.6. The Morgan fingerprint density at radius 2 is 1.08 bits per heavy atom. The molecule has 0 fully saturated rings. The van der Waals surface area contributed by atoms with E-state index < -0.39 is 0 Å². The van der Waals surface area contributed by atoms with Crippen molar-refractivity contribution >= 4 is 61.9 Å². The molecule has 3 aliphatic carbocycles. The van der Waals surface area contributed by atoms with Gasteiger partial charge < -0.3 is 4.90 Å². The second-order valence-electron chi connectivity index (χ2n) is 18.1. The van der Waals surface area contributed by atoms with Gasteiger partial charge in [0.1, 0.15) is 0 Å². The van der Waals surface area contributed by atoms with Gasteiger partial charge in [0, 0.05) is 22.5 Å². The summed E-state index contributed by atoms with van der Waals surface area (Å²) < 4.78 is 0. The van der Waals surface area contributed by atoms with Gasteiger partial charge in [0.25, 0.3) is 0 Å². The third kappa shape index (κ3) is 7.24. The summed E-state index contributed by atoms with van der Waals surface area (Å²) in [5, 5.41) is 5.14. The summed E-state index contributed by atoms with van der Waals surface area (Å²) >= 11 is 0. The van der Waals surface area contributed by atoms with Crippen LogP contribution in [0.3, 0.4) is 0 Å². The van der Waals surface area contributed by atoms with Gasteiger partial charge in [-0.25, -0.2) is 0 Å². The van der Waals surface area contributed by atoms with Crippen LogP contribution in [0.15, 0.2) is 188 Å². The van der Waals surface area contributed by atoms with Gasteiger partial charge in [-0.05, 0) is 206 Å². The molecule has 8 aromatic carbocycles. The molecule has 0 bridgehead atoms. The topological polar surface area (TPSA) is 3.24 Å². The molecule has 11 rings (SSSR count). The van der Waals surface area contributed by atoms with E-state index >= 15 is 0 Å². The van der Waals surface area contributed by atoms with E-state index in [1.165, 1.54) is 120 Å². The van der Waals surface area contributed by atoms with Crippen LogP contribution in [0.4, 0.5) is 17.1 Å². The summed E-state index contributed by atoms with van der Waals surface area (Å²) in [6.45, 7) is 4.72. The van der Waals surface area contributed by atoms with Crippen molar-refractivity contribution in [3.63, 3.8) is 0 Å². The summed E-state index contributed by atoms with van der Waals surface area (Å²) in [5.74, 6) is 0. The Morgan fingerprint density at radius 1 is 0.469 bits per heavy atom. The Bertz CT molecular complexity index is 3130. The van der Waals surface area contributed by atoms with Crippen LogP contribution < -0.4 is 4.90 Å². The minimum absolute atomic E-state index is 0.0580. The minimum Gasteiger partial charge on any atom is -0.310 e. The number of nitrogens with zero attached hydrogens (tertiary/aromatic N) is 1. The zero-order valence-electron chi connectivity index (χ0n) is 37.2. The molecule has 3 aliphatic rings. The first kappa shape index (κ1) is 39.9. The van der Waals surface area contributed by atoms with E-state index in [4.69, 9.17) is 0 Å². The number of hydrogen-bond donors (Lipinski definition) is 0. The monoisotopic (exact) mass is 825 g/mol. The molecular weight excluding hydrogens is 771 g/mol. The maximum Gasteiger partial charge on any atom is 0.0465 e. The lowest BCUT2D eigenvalue weighted by atomic mass is 9.73. The van der Waals surface area contributed by atoms with Crippen molar-refractivity contribution in [2.75, 3.05) is 4.90 Å². The predicted octanol–water partition coefficient (Wildman–Crippen LogP) is 18.1. The van der Waals surface area contributed by atoms with Crippen LogP contribution in [0.2, 0.25) is 0 Å². The number of allylic oxidation sites excluding steroid dienone is 6. The van der Waals surface area contributed by atoms with Crippen LogP contribution in [-0.2, 0) is 5.41 Å². The molecule has 0 saturated carbocycles. The Kier molecular flexibility index (Phi) is 10.6. The molecule has 1 heteroatoms.